The standard InChI is InChI=1S/C16H27NO2/c1-6-13(7-2)11-19-15-9-8-14(12(3)17-4)10-16(15)18-5/h8-10,12-13,17H,6-7,11H2,1-5H3. The summed E-state index contributed by atoms with van der Waals surface area (Å²) in [5.41, 5.74) is 1.20. The first-order valence-electron chi connectivity index (χ1n) is 7.14. The van der Waals surface area contributed by atoms with E-state index < -0.39 is 0 Å². The topological polar surface area (TPSA) is 30.5 Å². The summed E-state index contributed by atoms with van der Waals surface area (Å²) in [5, 5.41) is 3.22. The molecule has 19 heavy (non-hydrogen) atoms. The van der Waals surface area contributed by atoms with Gasteiger partial charge in [0.2, 0.25) is 0 Å². The Morgan fingerprint density at radius 1 is 1.16 bits per heavy atom. The van der Waals surface area contributed by atoms with E-state index in [-0.39, 0.29) is 0 Å². The summed E-state index contributed by atoms with van der Waals surface area (Å²) < 4.78 is 11.3. The van der Waals surface area contributed by atoms with Crippen LogP contribution in [0.4, 0.5) is 0 Å². The second kappa shape index (κ2) is 8.05. The van der Waals surface area contributed by atoms with E-state index in [4.69, 9.17) is 9.47 Å². The Morgan fingerprint density at radius 2 is 1.84 bits per heavy atom. The monoisotopic (exact) mass is 265 g/mol. The van der Waals surface area contributed by atoms with Crippen LogP contribution in [0.15, 0.2) is 18.2 Å². The van der Waals surface area contributed by atoms with E-state index in [1.54, 1.807) is 7.11 Å². The van der Waals surface area contributed by atoms with Crippen LogP contribution in [-0.4, -0.2) is 20.8 Å². The molecule has 1 aromatic rings. The fourth-order valence-electron chi connectivity index (χ4n) is 1.97. The molecule has 0 aliphatic carbocycles. The number of nitrogens with one attached hydrogen (secondary N) is 1. The van der Waals surface area contributed by atoms with Gasteiger partial charge in [0.25, 0.3) is 0 Å². The summed E-state index contributed by atoms with van der Waals surface area (Å²) in [6, 6.07) is 6.45. The normalized spacial score (nSPS) is 12.5. The average Bonchev–Trinajstić information content (AvgIpc) is 2.47. The van der Waals surface area contributed by atoms with E-state index in [0.717, 1.165) is 30.9 Å². The predicted octanol–water partition coefficient (Wildman–Crippen LogP) is 3.79. The van der Waals surface area contributed by atoms with Crippen molar-refractivity contribution >= 4 is 0 Å². The van der Waals surface area contributed by atoms with Crippen LogP contribution < -0.4 is 14.8 Å². The van der Waals surface area contributed by atoms with Gasteiger partial charge in [0.05, 0.1) is 13.7 Å². The van der Waals surface area contributed by atoms with Gasteiger partial charge in [-0.15, -0.1) is 0 Å². The van der Waals surface area contributed by atoms with E-state index in [2.05, 4.69) is 32.2 Å². The lowest BCUT2D eigenvalue weighted by molar-refractivity contribution is 0.230. The Labute approximate surface area is 117 Å². The van der Waals surface area contributed by atoms with Gasteiger partial charge in [-0.1, -0.05) is 32.8 Å². The third-order valence-electron chi connectivity index (χ3n) is 3.75. The summed E-state index contributed by atoms with van der Waals surface area (Å²) in [7, 11) is 3.64. The number of rotatable bonds is 8. The van der Waals surface area contributed by atoms with Gasteiger partial charge < -0.3 is 14.8 Å². The Balaban J connectivity index is 2.78. The van der Waals surface area contributed by atoms with Crippen LogP contribution in [0, 0.1) is 5.92 Å². The van der Waals surface area contributed by atoms with Crippen LogP contribution in [-0.2, 0) is 0 Å². The summed E-state index contributed by atoms with van der Waals surface area (Å²) in [5.74, 6) is 2.26. The molecule has 0 saturated heterocycles. The smallest absolute Gasteiger partial charge is 0.161 e. The molecule has 0 heterocycles. The zero-order valence-corrected chi connectivity index (χ0v) is 12.8. The van der Waals surface area contributed by atoms with Crippen molar-refractivity contribution < 1.29 is 9.47 Å². The van der Waals surface area contributed by atoms with Crippen molar-refractivity contribution in [2.75, 3.05) is 20.8 Å². The first-order chi connectivity index (χ1) is 9.15. The Hall–Kier alpha value is -1.22. The predicted molar refractivity (Wildman–Crippen MR) is 80.0 cm³/mol. The summed E-state index contributed by atoms with van der Waals surface area (Å²) in [6.45, 7) is 7.28. The maximum absolute atomic E-state index is 5.89. The molecule has 0 fully saturated rings. The molecule has 1 atom stereocenters. The molecule has 3 heteroatoms. The second-order valence-electron chi connectivity index (χ2n) is 4.91. The summed E-state index contributed by atoms with van der Waals surface area (Å²) in [6.07, 6.45) is 2.29. The van der Waals surface area contributed by atoms with Crippen molar-refractivity contribution in [1.29, 1.82) is 0 Å². The highest BCUT2D eigenvalue weighted by molar-refractivity contribution is 5.43. The van der Waals surface area contributed by atoms with Crippen molar-refractivity contribution in [3.63, 3.8) is 0 Å². The molecule has 0 saturated carbocycles. The quantitative estimate of drug-likeness (QED) is 0.775. The van der Waals surface area contributed by atoms with Gasteiger partial charge in [-0.3, -0.25) is 0 Å². The third kappa shape index (κ3) is 4.43. The van der Waals surface area contributed by atoms with E-state index in [9.17, 15) is 0 Å². The largest absolute Gasteiger partial charge is 0.493 e. The van der Waals surface area contributed by atoms with Crippen LogP contribution in [0.1, 0.15) is 45.2 Å². The Kier molecular flexibility index (Phi) is 6.71. The van der Waals surface area contributed by atoms with Gasteiger partial charge in [-0.25, -0.2) is 0 Å². The van der Waals surface area contributed by atoms with Crippen LogP contribution in [0.3, 0.4) is 0 Å². The number of hydrogen-bond donors (Lipinski definition) is 1. The fraction of sp³-hybridized carbons (Fsp3) is 0.625. The first-order valence-corrected chi connectivity index (χ1v) is 7.14. The molecular weight excluding hydrogens is 238 g/mol. The van der Waals surface area contributed by atoms with Crippen molar-refractivity contribution in [3.8, 4) is 11.5 Å². The van der Waals surface area contributed by atoms with E-state index in [1.807, 2.05) is 19.2 Å². The SMILES string of the molecule is CCC(CC)COc1ccc(C(C)NC)cc1OC. The van der Waals surface area contributed by atoms with Gasteiger partial charge >= 0.3 is 0 Å². The third-order valence-corrected chi connectivity index (χ3v) is 3.75. The minimum atomic E-state index is 0.307. The van der Waals surface area contributed by atoms with E-state index >= 15 is 0 Å². The highest BCUT2D eigenvalue weighted by atomic mass is 16.5. The van der Waals surface area contributed by atoms with Crippen LogP contribution in [0.25, 0.3) is 0 Å². The maximum Gasteiger partial charge on any atom is 0.161 e. The molecule has 0 spiro atoms. The molecule has 108 valence electrons. The molecule has 3 nitrogen and oxygen atoms in total. The molecule has 0 radical (unpaired) electrons. The lowest BCUT2D eigenvalue weighted by Crippen LogP contribution is -2.13. The number of ether oxygens (including phenoxy) is 2. The van der Waals surface area contributed by atoms with Crippen LogP contribution in [0.5, 0.6) is 11.5 Å². The average molecular weight is 265 g/mol. The van der Waals surface area contributed by atoms with Crippen LogP contribution >= 0.6 is 0 Å². The number of methoxy groups -OCH3 is 1. The molecule has 0 aliphatic rings. The number of benzene rings is 1. The summed E-state index contributed by atoms with van der Waals surface area (Å²) >= 11 is 0. The first kappa shape index (κ1) is 15.8. The molecule has 1 N–H and O–H groups in total. The zero-order valence-electron chi connectivity index (χ0n) is 12.8. The van der Waals surface area contributed by atoms with Gasteiger partial charge in [0, 0.05) is 6.04 Å². The van der Waals surface area contributed by atoms with Crippen molar-refractivity contribution in [2.24, 2.45) is 5.92 Å². The highest BCUT2D eigenvalue weighted by Gasteiger charge is 2.11. The Morgan fingerprint density at radius 3 is 2.37 bits per heavy atom. The molecule has 0 aromatic heterocycles. The van der Waals surface area contributed by atoms with Gasteiger partial charge in [-0.05, 0) is 37.6 Å². The second-order valence-corrected chi connectivity index (χ2v) is 4.91. The number of hydrogen-bond acceptors (Lipinski definition) is 3. The molecule has 0 amide bonds. The molecule has 0 bridgehead atoms. The fourth-order valence-corrected chi connectivity index (χ4v) is 1.97. The Bertz CT molecular complexity index is 375. The van der Waals surface area contributed by atoms with E-state index in [1.165, 1.54) is 5.56 Å². The highest BCUT2D eigenvalue weighted by Crippen LogP contribution is 2.30. The van der Waals surface area contributed by atoms with Gasteiger partial charge in [0.15, 0.2) is 11.5 Å². The minimum Gasteiger partial charge on any atom is -0.493 e. The van der Waals surface area contributed by atoms with Crippen molar-refractivity contribution in [2.45, 2.75) is 39.7 Å². The molecule has 1 aromatic carbocycles. The lowest BCUT2D eigenvalue weighted by atomic mass is 10.1. The molecular formula is C16H27NO2. The maximum atomic E-state index is 5.89. The van der Waals surface area contributed by atoms with Crippen molar-refractivity contribution in [3.05, 3.63) is 23.8 Å². The minimum absolute atomic E-state index is 0.307. The van der Waals surface area contributed by atoms with Gasteiger partial charge in [-0.2, -0.15) is 0 Å². The van der Waals surface area contributed by atoms with Crippen molar-refractivity contribution in [1.82, 2.24) is 5.32 Å². The molecule has 0 aliphatic heterocycles. The van der Waals surface area contributed by atoms with E-state index in [0.29, 0.717) is 12.0 Å². The zero-order chi connectivity index (χ0) is 14.3. The molecule has 1 rings (SSSR count). The lowest BCUT2D eigenvalue weighted by Gasteiger charge is -2.18. The summed E-state index contributed by atoms with van der Waals surface area (Å²) in [4.78, 5) is 0. The molecule has 1 unspecified atom stereocenters. The van der Waals surface area contributed by atoms with Gasteiger partial charge in [0.1, 0.15) is 0 Å². The van der Waals surface area contributed by atoms with Crippen LogP contribution in [0.2, 0.25) is 0 Å².